The maximum atomic E-state index is 12.2. The number of rotatable bonds is 7. The molecule has 3 amide bonds. The van der Waals surface area contributed by atoms with Crippen LogP contribution in [0.15, 0.2) is 18.2 Å². The number of ether oxygens (including phenoxy) is 1. The van der Waals surface area contributed by atoms with E-state index < -0.39 is 18.2 Å². The van der Waals surface area contributed by atoms with Crippen molar-refractivity contribution < 1.29 is 19.4 Å². The van der Waals surface area contributed by atoms with Gasteiger partial charge in [-0.3, -0.25) is 9.69 Å². The average Bonchev–Trinajstić information content (AvgIpc) is 2.73. The minimum Gasteiger partial charge on any atom is -0.489 e. The van der Waals surface area contributed by atoms with Gasteiger partial charge in [-0.05, 0) is 30.5 Å². The number of aliphatic hydroxyl groups is 1. The van der Waals surface area contributed by atoms with E-state index in [1.165, 1.54) is 6.07 Å². The largest absolute Gasteiger partial charge is 0.489 e. The van der Waals surface area contributed by atoms with E-state index in [0.29, 0.717) is 22.2 Å². The van der Waals surface area contributed by atoms with Gasteiger partial charge in [0.2, 0.25) is 0 Å². The van der Waals surface area contributed by atoms with Crippen molar-refractivity contribution >= 4 is 35.1 Å². The third-order valence-corrected chi connectivity index (χ3v) is 4.06. The molecule has 0 radical (unpaired) electrons. The smallest absolute Gasteiger partial charge is 0.324 e. The van der Waals surface area contributed by atoms with Crippen molar-refractivity contribution in [2.75, 3.05) is 13.2 Å². The minimum atomic E-state index is -1.02. The molecule has 0 saturated carbocycles. The number of hydrogen-bond acceptors (Lipinski definition) is 4. The van der Waals surface area contributed by atoms with Crippen LogP contribution in [0.1, 0.15) is 20.3 Å². The van der Waals surface area contributed by atoms with Crippen LogP contribution in [-0.2, 0) is 4.79 Å². The molecule has 0 spiro atoms. The van der Waals surface area contributed by atoms with Crippen LogP contribution in [0.2, 0.25) is 10.0 Å². The number of β-amino-alcohol motifs (C(OH)–C–C–N with tert-alkyl or cyclic N) is 1. The molecule has 1 aliphatic rings. The van der Waals surface area contributed by atoms with Crippen molar-refractivity contribution in [3.63, 3.8) is 0 Å². The number of hydrogen-bond donors (Lipinski definition) is 2. The van der Waals surface area contributed by atoms with Gasteiger partial charge in [-0.1, -0.05) is 37.0 Å². The summed E-state index contributed by atoms with van der Waals surface area (Å²) in [6, 6.07) is 3.71. The number of halogens is 2. The fourth-order valence-corrected chi connectivity index (χ4v) is 2.89. The highest BCUT2D eigenvalue weighted by Gasteiger charge is 2.38. The van der Waals surface area contributed by atoms with Crippen molar-refractivity contribution in [2.45, 2.75) is 32.4 Å². The van der Waals surface area contributed by atoms with Gasteiger partial charge in [0.1, 0.15) is 24.5 Å². The average molecular weight is 375 g/mol. The molecule has 2 unspecified atom stereocenters. The van der Waals surface area contributed by atoms with Crippen LogP contribution < -0.4 is 10.1 Å². The highest BCUT2D eigenvalue weighted by molar-refractivity contribution is 6.35. The van der Waals surface area contributed by atoms with E-state index in [0.717, 1.165) is 4.90 Å². The lowest BCUT2D eigenvalue weighted by atomic mass is 10.0. The lowest BCUT2D eigenvalue weighted by Crippen LogP contribution is -2.40. The van der Waals surface area contributed by atoms with Gasteiger partial charge in [0.15, 0.2) is 0 Å². The standard InChI is InChI=1S/C16H20Cl2N2O4/c1-9(2)5-13-15(22)20(16(23)19-13)7-11(21)8-24-14-4-3-10(17)6-12(14)18/h3-4,6,9,11,13,21H,5,7-8H2,1-2H3,(H,19,23). The number of nitrogens with one attached hydrogen (secondary N) is 1. The number of benzene rings is 1. The van der Waals surface area contributed by atoms with E-state index in [4.69, 9.17) is 27.9 Å². The Morgan fingerprint density at radius 2 is 2.04 bits per heavy atom. The number of imide groups is 1. The van der Waals surface area contributed by atoms with Crippen molar-refractivity contribution in [2.24, 2.45) is 5.92 Å². The second-order valence-corrected chi connectivity index (χ2v) is 6.96. The van der Waals surface area contributed by atoms with Gasteiger partial charge in [-0.15, -0.1) is 0 Å². The predicted octanol–water partition coefficient (Wildman–Crippen LogP) is 2.70. The Balaban J connectivity index is 1.88. The lowest BCUT2D eigenvalue weighted by molar-refractivity contribution is -0.128. The molecule has 2 rings (SSSR count). The summed E-state index contributed by atoms with van der Waals surface area (Å²) in [5.74, 6) is 0.326. The summed E-state index contributed by atoms with van der Waals surface area (Å²) in [6.45, 7) is 3.71. The SMILES string of the molecule is CC(C)CC1NC(=O)N(CC(O)COc2ccc(Cl)cc2Cl)C1=O. The molecule has 6 nitrogen and oxygen atoms in total. The summed E-state index contributed by atoms with van der Waals surface area (Å²) in [6.07, 6.45) is -0.460. The van der Waals surface area contributed by atoms with E-state index in [9.17, 15) is 14.7 Å². The number of urea groups is 1. The van der Waals surface area contributed by atoms with Crippen molar-refractivity contribution in [1.82, 2.24) is 10.2 Å². The molecule has 1 aromatic carbocycles. The van der Waals surface area contributed by atoms with Gasteiger partial charge in [0.05, 0.1) is 11.6 Å². The summed E-state index contributed by atoms with van der Waals surface area (Å²) in [5, 5.41) is 13.5. The molecule has 24 heavy (non-hydrogen) atoms. The molecule has 1 aliphatic heterocycles. The first-order valence-electron chi connectivity index (χ1n) is 7.65. The summed E-state index contributed by atoms with van der Waals surface area (Å²) in [5.41, 5.74) is 0. The van der Waals surface area contributed by atoms with Crippen LogP contribution in [-0.4, -0.2) is 47.2 Å². The molecule has 1 heterocycles. The topological polar surface area (TPSA) is 78.9 Å². The number of carbonyl (C=O) groups is 2. The maximum Gasteiger partial charge on any atom is 0.324 e. The van der Waals surface area contributed by atoms with Gasteiger partial charge < -0.3 is 15.2 Å². The quantitative estimate of drug-likeness (QED) is 0.719. The van der Waals surface area contributed by atoms with Crippen LogP contribution in [0.3, 0.4) is 0 Å². The first-order valence-corrected chi connectivity index (χ1v) is 8.41. The molecule has 0 aromatic heterocycles. The molecule has 0 aliphatic carbocycles. The van der Waals surface area contributed by atoms with E-state index in [-0.39, 0.29) is 25.0 Å². The number of amides is 3. The maximum absolute atomic E-state index is 12.2. The van der Waals surface area contributed by atoms with Crippen LogP contribution in [0, 0.1) is 5.92 Å². The Kier molecular flexibility index (Phi) is 6.32. The van der Waals surface area contributed by atoms with Gasteiger partial charge >= 0.3 is 6.03 Å². The fraction of sp³-hybridized carbons (Fsp3) is 0.500. The molecule has 1 saturated heterocycles. The molecule has 1 fully saturated rings. The summed E-state index contributed by atoms with van der Waals surface area (Å²) >= 11 is 11.8. The van der Waals surface area contributed by atoms with Crippen LogP contribution in [0.5, 0.6) is 5.75 Å². The second kappa shape index (κ2) is 8.05. The zero-order valence-electron chi connectivity index (χ0n) is 13.5. The summed E-state index contributed by atoms with van der Waals surface area (Å²) in [7, 11) is 0. The molecular formula is C16H20Cl2N2O4. The van der Waals surface area contributed by atoms with E-state index >= 15 is 0 Å². The van der Waals surface area contributed by atoms with E-state index in [2.05, 4.69) is 5.32 Å². The third-order valence-electron chi connectivity index (χ3n) is 3.53. The predicted molar refractivity (Wildman–Crippen MR) is 91.5 cm³/mol. The number of nitrogens with zero attached hydrogens (tertiary/aromatic N) is 1. The third kappa shape index (κ3) is 4.75. The van der Waals surface area contributed by atoms with Gasteiger partial charge in [-0.25, -0.2) is 4.79 Å². The highest BCUT2D eigenvalue weighted by Crippen LogP contribution is 2.27. The van der Waals surface area contributed by atoms with Crippen LogP contribution in [0.4, 0.5) is 4.79 Å². The Morgan fingerprint density at radius 3 is 2.67 bits per heavy atom. The molecular weight excluding hydrogens is 355 g/mol. The Hall–Kier alpha value is -1.50. The van der Waals surface area contributed by atoms with Crippen LogP contribution in [0.25, 0.3) is 0 Å². The molecule has 2 atom stereocenters. The zero-order valence-corrected chi connectivity index (χ0v) is 15.0. The summed E-state index contributed by atoms with van der Waals surface area (Å²) in [4.78, 5) is 25.1. The number of carbonyl (C=O) groups excluding carboxylic acids is 2. The molecule has 0 bridgehead atoms. The second-order valence-electron chi connectivity index (χ2n) is 6.12. The van der Waals surface area contributed by atoms with E-state index in [1.807, 2.05) is 13.8 Å². The zero-order chi connectivity index (χ0) is 17.9. The normalized spacial score (nSPS) is 18.9. The van der Waals surface area contributed by atoms with Gasteiger partial charge in [0.25, 0.3) is 5.91 Å². The Labute approximate surface area is 150 Å². The monoisotopic (exact) mass is 374 g/mol. The van der Waals surface area contributed by atoms with Gasteiger partial charge in [-0.2, -0.15) is 0 Å². The Morgan fingerprint density at radius 1 is 1.33 bits per heavy atom. The molecule has 2 N–H and O–H groups in total. The molecule has 132 valence electrons. The van der Waals surface area contributed by atoms with Crippen LogP contribution >= 0.6 is 23.2 Å². The van der Waals surface area contributed by atoms with Gasteiger partial charge in [0, 0.05) is 5.02 Å². The van der Waals surface area contributed by atoms with Crippen molar-refractivity contribution in [1.29, 1.82) is 0 Å². The minimum absolute atomic E-state index is 0.104. The Bertz CT molecular complexity index is 624. The lowest BCUT2D eigenvalue weighted by Gasteiger charge is -2.18. The summed E-state index contributed by atoms with van der Waals surface area (Å²) < 4.78 is 5.42. The van der Waals surface area contributed by atoms with Crippen molar-refractivity contribution in [3.8, 4) is 5.75 Å². The molecule has 8 heteroatoms. The first kappa shape index (κ1) is 18.8. The fourth-order valence-electron chi connectivity index (χ4n) is 2.42. The molecule has 1 aromatic rings. The van der Waals surface area contributed by atoms with Crippen molar-refractivity contribution in [3.05, 3.63) is 28.2 Å². The number of aliphatic hydroxyl groups excluding tert-OH is 1. The highest BCUT2D eigenvalue weighted by atomic mass is 35.5. The van der Waals surface area contributed by atoms with E-state index in [1.54, 1.807) is 12.1 Å². The first-order chi connectivity index (χ1) is 11.3.